The van der Waals surface area contributed by atoms with E-state index in [-0.39, 0.29) is 29.1 Å². The lowest BCUT2D eigenvalue weighted by atomic mass is 9.88. The van der Waals surface area contributed by atoms with Crippen molar-refractivity contribution in [3.8, 4) is 0 Å². The van der Waals surface area contributed by atoms with Crippen LogP contribution in [0.3, 0.4) is 0 Å². The topological polar surface area (TPSA) is 100 Å². The normalized spacial score (nSPS) is 14.0. The van der Waals surface area contributed by atoms with Gasteiger partial charge >= 0.3 is 6.18 Å². The summed E-state index contributed by atoms with van der Waals surface area (Å²) in [6.45, 7) is 11.6. The number of hydrogen-bond acceptors (Lipinski definition) is 5. The van der Waals surface area contributed by atoms with Crippen LogP contribution in [0.5, 0.6) is 0 Å². The molecule has 3 aromatic rings. The highest BCUT2D eigenvalue weighted by atomic mass is 35.5. The lowest BCUT2D eigenvalue weighted by Crippen LogP contribution is -2.53. The van der Waals surface area contributed by atoms with Crippen LogP contribution in [0, 0.1) is 5.41 Å². The minimum absolute atomic E-state index is 0.0312. The first-order valence-corrected chi connectivity index (χ1v) is 13.8. The molecule has 2 aromatic heterocycles. The molecular weight excluding hydrogens is 561 g/mol. The zero-order valence-corrected chi connectivity index (χ0v) is 24.4. The number of nitrogens with zero attached hydrogens (tertiary/aromatic N) is 5. The molecule has 0 aliphatic carbocycles. The first kappa shape index (κ1) is 31.9. The molecule has 0 bridgehead atoms. The van der Waals surface area contributed by atoms with Gasteiger partial charge in [-0.1, -0.05) is 52.3 Å². The smallest absolute Gasteiger partial charge is 0.339 e. The number of carbonyl (C=O) groups is 3. The maximum atomic E-state index is 12.9. The van der Waals surface area contributed by atoms with E-state index in [4.69, 9.17) is 11.6 Å². The van der Waals surface area contributed by atoms with Gasteiger partial charge in [-0.05, 0) is 30.7 Å². The molecule has 1 fully saturated rings. The fourth-order valence-corrected chi connectivity index (χ4v) is 4.36. The van der Waals surface area contributed by atoms with Crippen molar-refractivity contribution < 1.29 is 27.6 Å². The lowest BCUT2D eigenvalue weighted by molar-refractivity contribution is -0.146. The molecule has 9 nitrogen and oxygen atoms in total. The van der Waals surface area contributed by atoms with Gasteiger partial charge < -0.3 is 15.1 Å². The van der Waals surface area contributed by atoms with Crippen LogP contribution in [-0.2, 0) is 22.3 Å². The van der Waals surface area contributed by atoms with Crippen LogP contribution in [0.2, 0.25) is 5.02 Å². The first-order chi connectivity index (χ1) is 19.3. The van der Waals surface area contributed by atoms with E-state index < -0.39 is 28.9 Å². The summed E-state index contributed by atoms with van der Waals surface area (Å²) in [5.74, 6) is -0.927. The van der Waals surface area contributed by atoms with E-state index in [9.17, 15) is 27.6 Å². The maximum absolute atomic E-state index is 12.9. The van der Waals surface area contributed by atoms with Crippen LogP contribution in [0.4, 0.5) is 18.9 Å². The minimum Gasteiger partial charge on any atom is -0.339 e. The third kappa shape index (κ3) is 7.55. The summed E-state index contributed by atoms with van der Waals surface area (Å²) in [7, 11) is 0. The molecule has 3 amide bonds. The van der Waals surface area contributed by atoms with Gasteiger partial charge in [-0.25, -0.2) is 4.98 Å². The molecule has 1 N–H and O–H groups in total. The van der Waals surface area contributed by atoms with Gasteiger partial charge in [0, 0.05) is 43.2 Å². The molecule has 0 spiro atoms. The van der Waals surface area contributed by atoms with E-state index in [1.165, 1.54) is 22.9 Å². The van der Waals surface area contributed by atoms with Crippen molar-refractivity contribution in [3.05, 3.63) is 52.9 Å². The average Bonchev–Trinajstić information content (AvgIpc) is 3.34. The lowest BCUT2D eigenvalue weighted by Gasteiger charge is -2.38. The largest absolute Gasteiger partial charge is 0.433 e. The quantitative estimate of drug-likeness (QED) is 0.407. The van der Waals surface area contributed by atoms with Crippen LogP contribution in [0.1, 0.15) is 57.2 Å². The van der Waals surface area contributed by atoms with Crippen molar-refractivity contribution in [2.75, 3.05) is 31.5 Å². The highest BCUT2D eigenvalue weighted by molar-refractivity contribution is 6.34. The van der Waals surface area contributed by atoms with E-state index in [0.717, 1.165) is 18.6 Å². The number of halogens is 4. The number of amides is 3. The standard InChI is InChI=1S/C26H28ClF3N6O3.C2H6/c1-4-25(2,3)24(39)35-10-8-34(9-11-35)22(37)15-36-14-16-12-20(17(27)13-19(16)33-36)32-23(38)18-6-5-7-21(31-18)26(28,29)30;1-2/h5-7,12-14H,4,8-11,15H2,1-3H3,(H,32,38);1-2H3. The van der Waals surface area contributed by atoms with Crippen molar-refractivity contribution in [2.24, 2.45) is 5.41 Å². The number of fused-ring (bicyclic) bond motifs is 1. The van der Waals surface area contributed by atoms with Crippen molar-refractivity contribution in [2.45, 2.75) is 53.8 Å². The predicted molar refractivity (Wildman–Crippen MR) is 151 cm³/mol. The Morgan fingerprint density at radius 1 is 1.02 bits per heavy atom. The van der Waals surface area contributed by atoms with E-state index in [1.54, 1.807) is 16.0 Å². The fourth-order valence-electron chi connectivity index (χ4n) is 4.16. The van der Waals surface area contributed by atoms with Gasteiger partial charge in [-0.15, -0.1) is 0 Å². The van der Waals surface area contributed by atoms with E-state index in [0.29, 0.717) is 37.1 Å². The molecular formula is C28H34ClF3N6O3. The van der Waals surface area contributed by atoms with Gasteiger partial charge in [0.15, 0.2) is 0 Å². The number of pyridine rings is 1. The number of rotatable bonds is 6. The van der Waals surface area contributed by atoms with E-state index >= 15 is 0 Å². The molecule has 1 aromatic carbocycles. The minimum atomic E-state index is -4.68. The zero-order chi connectivity index (χ0) is 30.5. The van der Waals surface area contributed by atoms with Gasteiger partial charge in [0.1, 0.15) is 17.9 Å². The molecule has 41 heavy (non-hydrogen) atoms. The SMILES string of the molecule is CC.CCC(C)(C)C(=O)N1CCN(C(=O)Cn2cc3cc(NC(=O)c4cccc(C(F)(F)F)n4)c(Cl)cc3n2)CC1. The van der Waals surface area contributed by atoms with Crippen molar-refractivity contribution in [1.82, 2.24) is 24.6 Å². The van der Waals surface area contributed by atoms with Crippen molar-refractivity contribution in [3.63, 3.8) is 0 Å². The summed E-state index contributed by atoms with van der Waals surface area (Å²) < 4.78 is 40.3. The summed E-state index contributed by atoms with van der Waals surface area (Å²) in [4.78, 5) is 45.0. The summed E-state index contributed by atoms with van der Waals surface area (Å²) in [6.07, 6.45) is -2.34. The molecule has 4 rings (SSSR count). The highest BCUT2D eigenvalue weighted by Crippen LogP contribution is 2.30. The predicted octanol–water partition coefficient (Wildman–Crippen LogP) is 5.49. The van der Waals surface area contributed by atoms with E-state index in [1.807, 2.05) is 34.6 Å². The zero-order valence-electron chi connectivity index (χ0n) is 23.7. The molecule has 0 radical (unpaired) electrons. The molecule has 222 valence electrons. The number of nitrogens with one attached hydrogen (secondary N) is 1. The molecule has 1 aliphatic rings. The Balaban J connectivity index is 0.00000226. The second-order valence-electron chi connectivity index (χ2n) is 9.99. The third-order valence-corrected chi connectivity index (χ3v) is 7.15. The molecule has 0 unspecified atom stereocenters. The Morgan fingerprint density at radius 3 is 2.27 bits per heavy atom. The number of carbonyl (C=O) groups excluding carboxylic acids is 3. The summed E-state index contributed by atoms with van der Waals surface area (Å²) in [5, 5.41) is 7.55. The fraction of sp³-hybridized carbons (Fsp3) is 0.464. The molecule has 0 atom stereocenters. The van der Waals surface area contributed by atoms with Crippen molar-refractivity contribution >= 4 is 45.9 Å². The average molecular weight is 595 g/mol. The molecule has 3 heterocycles. The van der Waals surface area contributed by atoms with Crippen LogP contribution in [0.15, 0.2) is 36.5 Å². The van der Waals surface area contributed by atoms with Crippen LogP contribution in [0.25, 0.3) is 10.9 Å². The number of anilines is 1. The Bertz CT molecular complexity index is 1410. The van der Waals surface area contributed by atoms with Gasteiger partial charge in [0.2, 0.25) is 11.8 Å². The van der Waals surface area contributed by atoms with Gasteiger partial charge in [0.25, 0.3) is 5.91 Å². The number of piperazine rings is 1. The molecule has 13 heteroatoms. The van der Waals surface area contributed by atoms with Crippen LogP contribution < -0.4 is 5.32 Å². The second-order valence-corrected chi connectivity index (χ2v) is 10.4. The van der Waals surface area contributed by atoms with Crippen LogP contribution >= 0.6 is 11.6 Å². The Hall–Kier alpha value is -3.67. The Labute approximate surface area is 241 Å². The third-order valence-electron chi connectivity index (χ3n) is 6.84. The number of alkyl halides is 3. The summed E-state index contributed by atoms with van der Waals surface area (Å²) in [5.41, 5.74) is -1.40. The first-order valence-electron chi connectivity index (χ1n) is 13.4. The number of aromatic nitrogens is 3. The summed E-state index contributed by atoms with van der Waals surface area (Å²) >= 11 is 6.29. The molecule has 0 saturated carbocycles. The van der Waals surface area contributed by atoms with Crippen molar-refractivity contribution in [1.29, 1.82) is 0 Å². The van der Waals surface area contributed by atoms with E-state index in [2.05, 4.69) is 15.4 Å². The molecule has 1 saturated heterocycles. The summed E-state index contributed by atoms with van der Waals surface area (Å²) in [6, 6.07) is 6.06. The molecule has 1 aliphatic heterocycles. The Kier molecular flexibility index (Phi) is 10.0. The van der Waals surface area contributed by atoms with Crippen LogP contribution in [-0.4, -0.2) is 68.5 Å². The second kappa shape index (κ2) is 12.9. The van der Waals surface area contributed by atoms with Gasteiger partial charge in [-0.2, -0.15) is 18.3 Å². The monoisotopic (exact) mass is 594 g/mol. The maximum Gasteiger partial charge on any atom is 0.433 e. The van der Waals surface area contributed by atoms with Gasteiger partial charge in [-0.3, -0.25) is 19.1 Å². The highest BCUT2D eigenvalue weighted by Gasteiger charge is 2.34. The number of benzene rings is 1. The Morgan fingerprint density at radius 2 is 1.66 bits per heavy atom. The van der Waals surface area contributed by atoms with Gasteiger partial charge in [0.05, 0.1) is 16.2 Å². The number of hydrogen-bond donors (Lipinski definition) is 1.